The second-order valence-corrected chi connectivity index (χ2v) is 17.0. The predicted octanol–water partition coefficient (Wildman–Crippen LogP) is 16.4. The predicted molar refractivity (Wildman–Crippen MR) is 282 cm³/mol. The largest absolute Gasteiger partial charge is 0.310 e. The number of fused-ring (bicyclic) bond motifs is 2. The number of para-hydroxylation sites is 2. The van der Waals surface area contributed by atoms with E-state index in [1.54, 1.807) is 5.57 Å². The van der Waals surface area contributed by atoms with Crippen molar-refractivity contribution in [2.45, 2.75) is 59.4 Å². The van der Waals surface area contributed by atoms with Crippen molar-refractivity contribution in [3.63, 3.8) is 0 Å². The number of aryl methyl sites for hydroxylation is 1. The van der Waals surface area contributed by atoms with E-state index >= 15 is 0 Å². The number of aromatic nitrogens is 1. The summed E-state index contributed by atoms with van der Waals surface area (Å²) in [5.74, 6) is 0. The lowest BCUT2D eigenvalue weighted by Gasteiger charge is -2.44. The lowest BCUT2D eigenvalue weighted by atomic mass is 9.70. The van der Waals surface area contributed by atoms with Gasteiger partial charge in [-0.25, -0.2) is 0 Å². The van der Waals surface area contributed by atoms with E-state index in [1.165, 1.54) is 33.6 Å². The molecule has 0 bridgehead atoms. The molecule has 6 aromatic carbocycles. The lowest BCUT2D eigenvalue weighted by Crippen LogP contribution is -2.34. The highest BCUT2D eigenvalue weighted by Crippen LogP contribution is 2.51. The molecule has 7 aromatic rings. The molecule has 0 radical (unpaired) electrons. The first-order valence-corrected chi connectivity index (χ1v) is 22.6. The molecule has 0 N–H and O–H groups in total. The first-order valence-electron chi connectivity index (χ1n) is 22.6. The minimum Gasteiger partial charge on any atom is -0.310 e. The fourth-order valence-electron chi connectivity index (χ4n) is 9.46. The summed E-state index contributed by atoms with van der Waals surface area (Å²) in [7, 11) is 0. The maximum atomic E-state index is 5.09. The first kappa shape index (κ1) is 44.1. The molecular formula is C61H58N4. The van der Waals surface area contributed by atoms with Crippen molar-refractivity contribution < 1.29 is 0 Å². The lowest BCUT2D eigenvalue weighted by molar-refractivity contribution is 0.570. The van der Waals surface area contributed by atoms with Crippen molar-refractivity contribution in [2.24, 2.45) is 9.98 Å². The van der Waals surface area contributed by atoms with Gasteiger partial charge < -0.3 is 9.47 Å². The van der Waals surface area contributed by atoms with E-state index in [0.717, 1.165) is 74.5 Å². The molecule has 322 valence electrons. The zero-order chi connectivity index (χ0) is 45.5. The Morgan fingerprint density at radius 1 is 0.738 bits per heavy atom. The third kappa shape index (κ3) is 8.60. The molecule has 2 heterocycles. The molecule has 0 atom stereocenters. The highest BCUT2D eigenvalue weighted by molar-refractivity contribution is 6.15. The summed E-state index contributed by atoms with van der Waals surface area (Å²) >= 11 is 0. The van der Waals surface area contributed by atoms with Crippen LogP contribution in [0.4, 0.5) is 17.1 Å². The van der Waals surface area contributed by atoms with Gasteiger partial charge in [-0.2, -0.15) is 0 Å². The molecule has 1 aliphatic carbocycles. The smallest absolute Gasteiger partial charge is 0.0744 e. The monoisotopic (exact) mass is 846 g/mol. The minimum absolute atomic E-state index is 0.0900. The highest BCUT2D eigenvalue weighted by atomic mass is 15.2. The van der Waals surface area contributed by atoms with Gasteiger partial charge in [0.15, 0.2) is 0 Å². The van der Waals surface area contributed by atoms with Crippen LogP contribution in [0.25, 0.3) is 40.9 Å². The van der Waals surface area contributed by atoms with Crippen molar-refractivity contribution in [1.29, 1.82) is 0 Å². The van der Waals surface area contributed by atoms with Gasteiger partial charge in [-0.05, 0) is 123 Å². The van der Waals surface area contributed by atoms with Gasteiger partial charge in [0.25, 0.3) is 0 Å². The zero-order valence-electron chi connectivity index (χ0n) is 38.4. The van der Waals surface area contributed by atoms with Crippen molar-refractivity contribution in [3.8, 4) is 5.69 Å². The van der Waals surface area contributed by atoms with Crippen LogP contribution in [0.1, 0.15) is 90.7 Å². The van der Waals surface area contributed by atoms with Gasteiger partial charge in [0.05, 0.1) is 34.8 Å². The second kappa shape index (κ2) is 19.5. The molecule has 1 aliphatic heterocycles. The number of benzene rings is 6. The Labute approximate surface area is 386 Å². The second-order valence-electron chi connectivity index (χ2n) is 17.0. The number of allylic oxidation sites excluding steroid dienone is 5. The van der Waals surface area contributed by atoms with Gasteiger partial charge in [-0.1, -0.05) is 166 Å². The molecule has 0 fully saturated rings. The van der Waals surface area contributed by atoms with E-state index in [0.29, 0.717) is 6.54 Å². The van der Waals surface area contributed by atoms with Crippen LogP contribution in [0.15, 0.2) is 198 Å². The normalized spacial score (nSPS) is 14.3. The van der Waals surface area contributed by atoms with Gasteiger partial charge in [0, 0.05) is 44.6 Å². The number of aliphatic imine (C=N–C) groups is 2. The summed E-state index contributed by atoms with van der Waals surface area (Å²) in [6.07, 6.45) is 19.3. The van der Waals surface area contributed by atoms with Crippen LogP contribution in [0.3, 0.4) is 0 Å². The van der Waals surface area contributed by atoms with Crippen molar-refractivity contribution in [3.05, 3.63) is 238 Å². The van der Waals surface area contributed by atoms with E-state index in [4.69, 9.17) is 4.99 Å². The van der Waals surface area contributed by atoms with Crippen molar-refractivity contribution in [1.82, 2.24) is 4.57 Å². The Hall–Kier alpha value is -7.56. The number of hydrogen-bond acceptors (Lipinski definition) is 3. The molecule has 0 saturated carbocycles. The third-order valence-corrected chi connectivity index (χ3v) is 12.6. The molecule has 0 saturated heterocycles. The van der Waals surface area contributed by atoms with Gasteiger partial charge in [0.1, 0.15) is 0 Å². The molecule has 4 heteroatoms. The van der Waals surface area contributed by atoms with Gasteiger partial charge >= 0.3 is 0 Å². The van der Waals surface area contributed by atoms with Crippen LogP contribution in [0, 0.1) is 6.92 Å². The SMILES string of the molecule is C=Cc1ccc2c(c1/C=C\C)c(/C=C\C)c(C=C)n2-c1ccc(CN=C(c2ccccc2)c2ccccc2N=C)cc1.Cc1ccc2c(c1)C(C)(C)C1=C(C=CCC1)N2c1ccccc1. The number of hydrogen-bond donors (Lipinski definition) is 0. The summed E-state index contributed by atoms with van der Waals surface area (Å²) in [6.45, 7) is 23.6. The topological polar surface area (TPSA) is 32.9 Å². The minimum atomic E-state index is 0.0900. The van der Waals surface area contributed by atoms with Crippen LogP contribution in [0.5, 0.6) is 0 Å². The van der Waals surface area contributed by atoms with E-state index in [2.05, 4.69) is 195 Å². The Morgan fingerprint density at radius 2 is 1.43 bits per heavy atom. The molecule has 0 amide bonds. The van der Waals surface area contributed by atoms with Crippen LogP contribution < -0.4 is 4.90 Å². The Morgan fingerprint density at radius 3 is 2.12 bits per heavy atom. The third-order valence-electron chi connectivity index (χ3n) is 12.6. The molecule has 4 nitrogen and oxygen atoms in total. The molecular weight excluding hydrogens is 789 g/mol. The maximum absolute atomic E-state index is 5.09. The van der Waals surface area contributed by atoms with Crippen molar-refractivity contribution >= 4 is 64.7 Å². The molecule has 65 heavy (non-hydrogen) atoms. The summed E-state index contributed by atoms with van der Waals surface area (Å²) < 4.78 is 2.28. The molecule has 0 spiro atoms. The summed E-state index contributed by atoms with van der Waals surface area (Å²) in [6, 6.07) is 48.8. The van der Waals surface area contributed by atoms with E-state index in [1.807, 2.05) is 62.4 Å². The molecule has 9 rings (SSSR count). The van der Waals surface area contributed by atoms with Crippen LogP contribution in [0.2, 0.25) is 0 Å². The zero-order valence-corrected chi connectivity index (χ0v) is 38.4. The standard InChI is InChI=1S/C39H35N3.C22H23N/c1-6-15-32-29(8-3)23-26-37-38(32)34(16-7-2)36(9-4)42(37)31-24-21-28(22-25-31)27-41-39(30-17-11-10-12-18-30)33-19-13-14-20-35(33)40-5;1-16-13-14-21-19(15-16)22(2,3)18-11-7-8-12-20(18)23(21)17-9-5-4-6-10-17/h6-26H,3-5,27H2,1-2H3;4-6,8-10,12-15H,7,11H2,1-3H3/b15-6-,16-7-,41-39?;. The Balaban J connectivity index is 0.000000210. The molecule has 1 aromatic heterocycles. The molecule has 2 aliphatic rings. The van der Waals surface area contributed by atoms with E-state index in [-0.39, 0.29) is 5.41 Å². The fraction of sp³-hybridized carbons (Fsp3) is 0.148. The summed E-state index contributed by atoms with van der Waals surface area (Å²) in [5.41, 5.74) is 19.9. The van der Waals surface area contributed by atoms with E-state index in [9.17, 15) is 0 Å². The van der Waals surface area contributed by atoms with Crippen LogP contribution >= 0.6 is 0 Å². The average molecular weight is 847 g/mol. The summed E-state index contributed by atoms with van der Waals surface area (Å²) in [5, 5.41) is 1.19. The molecule has 0 unspecified atom stereocenters. The van der Waals surface area contributed by atoms with Gasteiger partial charge in [0.2, 0.25) is 0 Å². The average Bonchev–Trinajstić information content (AvgIpc) is 3.66. The van der Waals surface area contributed by atoms with Gasteiger partial charge in [-0.3, -0.25) is 9.98 Å². The highest BCUT2D eigenvalue weighted by Gasteiger charge is 2.38. The number of nitrogens with zero attached hydrogens (tertiary/aromatic N) is 4. The van der Waals surface area contributed by atoms with E-state index < -0.39 is 0 Å². The fourth-order valence-corrected chi connectivity index (χ4v) is 9.46. The first-order chi connectivity index (χ1) is 31.7. The maximum Gasteiger partial charge on any atom is 0.0744 e. The quantitative estimate of drug-likeness (QED) is 0.119. The van der Waals surface area contributed by atoms with Crippen LogP contribution in [-0.2, 0) is 12.0 Å². The number of rotatable bonds is 11. The van der Waals surface area contributed by atoms with Crippen molar-refractivity contribution in [2.75, 3.05) is 4.90 Å². The number of anilines is 2. The van der Waals surface area contributed by atoms with Gasteiger partial charge in [-0.15, -0.1) is 0 Å². The van der Waals surface area contributed by atoms with Crippen LogP contribution in [-0.4, -0.2) is 17.0 Å². The summed E-state index contributed by atoms with van der Waals surface area (Å²) in [4.78, 5) is 11.8. The Bertz CT molecular complexity index is 3040. The Kier molecular flexibility index (Phi) is 13.2.